The lowest BCUT2D eigenvalue weighted by atomic mass is 9.93. The van der Waals surface area contributed by atoms with Gasteiger partial charge in [0, 0.05) is 6.42 Å². The number of nitrogens with zero attached hydrogens (tertiary/aromatic N) is 2. The third kappa shape index (κ3) is 3.51. The Bertz CT molecular complexity index is 686. The Morgan fingerprint density at radius 2 is 1.96 bits per heavy atom. The van der Waals surface area contributed by atoms with E-state index in [0.29, 0.717) is 6.04 Å². The van der Waals surface area contributed by atoms with E-state index in [1.165, 1.54) is 48.1 Å². The molecule has 1 aliphatic carbocycles. The van der Waals surface area contributed by atoms with Crippen molar-refractivity contribution in [3.05, 3.63) is 16.7 Å². The Balaban J connectivity index is 1.74. The number of morpholine rings is 1. The largest absolute Gasteiger partial charge is 0.375 e. The van der Waals surface area contributed by atoms with E-state index in [2.05, 4.69) is 28.3 Å². The fourth-order valence-corrected chi connectivity index (χ4v) is 4.62. The molecule has 3 heterocycles. The van der Waals surface area contributed by atoms with Gasteiger partial charge in [0.1, 0.15) is 18.2 Å². The quantitative estimate of drug-likeness (QED) is 0.828. The van der Waals surface area contributed by atoms with Gasteiger partial charge in [0.25, 0.3) is 0 Å². The first-order chi connectivity index (χ1) is 12.8. The van der Waals surface area contributed by atoms with E-state index in [-0.39, 0.29) is 0 Å². The van der Waals surface area contributed by atoms with Crippen LogP contribution in [0, 0.1) is 11.3 Å². The van der Waals surface area contributed by atoms with Gasteiger partial charge in [0.15, 0.2) is 0 Å². The first-order valence-electron chi connectivity index (χ1n) is 10.2. The number of quaternary nitrogens is 1. The molecule has 3 N–H and O–H groups in total. The number of anilines is 2. The smallest absolute Gasteiger partial charge is 0.240 e. The maximum absolute atomic E-state index is 9.93. The van der Waals surface area contributed by atoms with Crippen LogP contribution in [0.25, 0.3) is 0 Å². The molecule has 0 spiro atoms. The molecule has 4 rings (SSSR count). The van der Waals surface area contributed by atoms with E-state index >= 15 is 0 Å². The second-order valence-corrected chi connectivity index (χ2v) is 8.01. The fourth-order valence-electron chi connectivity index (χ4n) is 4.62. The molecule has 0 aromatic carbocycles. The van der Waals surface area contributed by atoms with E-state index in [0.717, 1.165) is 63.0 Å². The summed E-state index contributed by atoms with van der Waals surface area (Å²) in [5, 5.41) is 13.8. The second kappa shape index (κ2) is 7.81. The van der Waals surface area contributed by atoms with Gasteiger partial charge in [-0.3, -0.25) is 4.90 Å². The van der Waals surface area contributed by atoms with Crippen molar-refractivity contribution in [3.63, 3.8) is 0 Å². The molecule has 1 saturated carbocycles. The molecule has 2 fully saturated rings. The molecule has 0 amide bonds. The molecule has 0 bridgehead atoms. The number of likely N-dealkylation sites (N-methyl/N-ethyl adjacent to an activating group) is 1. The minimum absolute atomic E-state index is 0.553. The predicted octanol–water partition coefficient (Wildman–Crippen LogP) is 0.524. The number of rotatable bonds is 3. The summed E-state index contributed by atoms with van der Waals surface area (Å²) in [5.74, 6) is 2.15. The van der Waals surface area contributed by atoms with Gasteiger partial charge in [-0.25, -0.2) is 4.98 Å². The van der Waals surface area contributed by atoms with Crippen molar-refractivity contribution < 1.29 is 14.6 Å². The maximum atomic E-state index is 9.93. The Hall–Kier alpha value is -1.84. The Morgan fingerprint density at radius 1 is 1.19 bits per heavy atom. The van der Waals surface area contributed by atoms with Gasteiger partial charge in [0.2, 0.25) is 11.6 Å². The maximum Gasteiger partial charge on any atom is 0.240 e. The van der Waals surface area contributed by atoms with E-state index in [9.17, 15) is 5.26 Å². The summed E-state index contributed by atoms with van der Waals surface area (Å²) >= 11 is 0. The van der Waals surface area contributed by atoms with Crippen molar-refractivity contribution in [1.82, 2.24) is 0 Å². The number of ether oxygens (including phenoxy) is 1. The van der Waals surface area contributed by atoms with Crippen molar-refractivity contribution >= 4 is 11.6 Å². The van der Waals surface area contributed by atoms with Gasteiger partial charge in [-0.1, -0.05) is 19.3 Å². The lowest BCUT2D eigenvalue weighted by Gasteiger charge is -2.30. The Morgan fingerprint density at radius 3 is 2.69 bits per heavy atom. The van der Waals surface area contributed by atoms with Crippen molar-refractivity contribution in [2.75, 3.05) is 50.1 Å². The monoisotopic (exact) mass is 357 g/mol. The van der Waals surface area contributed by atoms with Crippen LogP contribution in [0.1, 0.15) is 48.8 Å². The molecule has 1 saturated heterocycles. The molecule has 6 heteroatoms. The van der Waals surface area contributed by atoms with E-state index in [4.69, 9.17) is 4.74 Å². The van der Waals surface area contributed by atoms with Crippen molar-refractivity contribution in [3.8, 4) is 6.07 Å². The number of pyridine rings is 1. The summed E-state index contributed by atoms with van der Waals surface area (Å²) in [6.45, 7) is 5.23. The third-order valence-corrected chi connectivity index (χ3v) is 6.12. The molecule has 1 unspecified atom stereocenters. The average molecular weight is 358 g/mol. The zero-order chi connectivity index (χ0) is 17.9. The van der Waals surface area contributed by atoms with Crippen LogP contribution in [-0.2, 0) is 17.7 Å². The SMILES string of the molecule is C[NH+]1CCc2c(C#N)c(N3CCOCC3)[nH+]c(NC3CCCCC3)c2C1. The first-order valence-corrected chi connectivity index (χ1v) is 10.2. The minimum atomic E-state index is 0.553. The molecule has 1 aromatic rings. The fraction of sp³-hybridized carbons (Fsp3) is 0.700. The molecular formula is C20H31N5O+2. The summed E-state index contributed by atoms with van der Waals surface area (Å²) in [5.41, 5.74) is 3.44. The second-order valence-electron chi connectivity index (χ2n) is 8.01. The molecule has 1 aromatic heterocycles. The number of aromatic nitrogens is 1. The summed E-state index contributed by atoms with van der Waals surface area (Å²) in [6.07, 6.45) is 7.47. The van der Waals surface area contributed by atoms with Crippen molar-refractivity contribution in [2.24, 2.45) is 0 Å². The highest BCUT2D eigenvalue weighted by Crippen LogP contribution is 2.29. The molecule has 0 radical (unpaired) electrons. The normalized spacial score (nSPS) is 24.0. The summed E-state index contributed by atoms with van der Waals surface area (Å²) in [6, 6.07) is 3.07. The number of nitriles is 1. The van der Waals surface area contributed by atoms with Crippen LogP contribution in [0.2, 0.25) is 0 Å². The van der Waals surface area contributed by atoms with Crippen LogP contribution >= 0.6 is 0 Å². The van der Waals surface area contributed by atoms with Crippen LogP contribution in [0.15, 0.2) is 0 Å². The van der Waals surface area contributed by atoms with Gasteiger partial charge < -0.3 is 15.0 Å². The average Bonchev–Trinajstić information content (AvgIpc) is 2.69. The highest BCUT2D eigenvalue weighted by atomic mass is 16.5. The lowest BCUT2D eigenvalue weighted by Crippen LogP contribution is -3.08. The number of H-pyrrole nitrogens is 1. The van der Waals surface area contributed by atoms with E-state index in [1.807, 2.05) is 0 Å². The van der Waals surface area contributed by atoms with Gasteiger partial charge in [-0.05, 0) is 18.4 Å². The zero-order valence-electron chi connectivity index (χ0n) is 15.9. The van der Waals surface area contributed by atoms with E-state index in [1.54, 1.807) is 0 Å². The van der Waals surface area contributed by atoms with Crippen molar-refractivity contribution in [1.29, 1.82) is 5.26 Å². The van der Waals surface area contributed by atoms with Crippen LogP contribution in [-0.4, -0.2) is 45.9 Å². The Labute approximate surface area is 156 Å². The number of aromatic amines is 1. The van der Waals surface area contributed by atoms with Gasteiger partial charge >= 0.3 is 0 Å². The van der Waals surface area contributed by atoms with Gasteiger partial charge in [0.05, 0.1) is 51.5 Å². The molecule has 26 heavy (non-hydrogen) atoms. The zero-order valence-corrected chi connectivity index (χ0v) is 15.9. The summed E-state index contributed by atoms with van der Waals surface area (Å²) in [7, 11) is 2.25. The summed E-state index contributed by atoms with van der Waals surface area (Å²) < 4.78 is 5.52. The lowest BCUT2D eigenvalue weighted by molar-refractivity contribution is -0.895. The molecule has 2 aliphatic heterocycles. The number of hydrogen-bond acceptors (Lipinski definition) is 4. The van der Waals surface area contributed by atoms with Crippen LogP contribution in [0.4, 0.5) is 11.6 Å². The first kappa shape index (κ1) is 17.6. The minimum Gasteiger partial charge on any atom is -0.375 e. The molecular weight excluding hydrogens is 326 g/mol. The Kier molecular flexibility index (Phi) is 5.28. The number of nitrogens with one attached hydrogen (secondary N) is 3. The van der Waals surface area contributed by atoms with Gasteiger partial charge in [-0.15, -0.1) is 0 Å². The predicted molar refractivity (Wildman–Crippen MR) is 100 cm³/mol. The van der Waals surface area contributed by atoms with Crippen LogP contribution < -0.4 is 20.1 Å². The number of hydrogen-bond donors (Lipinski definition) is 2. The standard InChI is InChI=1S/C20H29N5O/c1-24-8-7-16-17(13-21)20(25-9-11-26-12-10-25)23-19(18(16)14-24)22-15-5-3-2-4-6-15/h15H,2-12,14H2,1H3,(H,22,23)/p+2. The molecule has 140 valence electrons. The highest BCUT2D eigenvalue weighted by molar-refractivity contribution is 5.62. The van der Waals surface area contributed by atoms with E-state index < -0.39 is 0 Å². The number of fused-ring (bicyclic) bond motifs is 1. The molecule has 6 nitrogen and oxygen atoms in total. The van der Waals surface area contributed by atoms with Crippen LogP contribution in [0.3, 0.4) is 0 Å². The molecule has 3 aliphatic rings. The molecule has 1 atom stereocenters. The van der Waals surface area contributed by atoms with Crippen LogP contribution in [0.5, 0.6) is 0 Å². The van der Waals surface area contributed by atoms with Gasteiger partial charge in [-0.2, -0.15) is 5.26 Å². The topological polar surface area (TPSA) is 66.9 Å². The summed E-state index contributed by atoms with van der Waals surface area (Å²) in [4.78, 5) is 7.46. The third-order valence-electron chi connectivity index (χ3n) is 6.12. The highest BCUT2D eigenvalue weighted by Gasteiger charge is 2.33. The van der Waals surface area contributed by atoms with Crippen molar-refractivity contribution in [2.45, 2.75) is 51.1 Å².